The van der Waals surface area contributed by atoms with E-state index in [1.807, 2.05) is 11.8 Å². The second kappa shape index (κ2) is 7.96. The van der Waals surface area contributed by atoms with Crippen molar-refractivity contribution in [3.05, 3.63) is 0 Å². The number of hydrogen-bond donors (Lipinski definition) is 1. The Bertz CT molecular complexity index is 205. The molecule has 0 aliphatic heterocycles. The lowest BCUT2D eigenvalue weighted by molar-refractivity contribution is -0.142. The van der Waals surface area contributed by atoms with Gasteiger partial charge in [0.2, 0.25) is 0 Å². The fourth-order valence-corrected chi connectivity index (χ4v) is 3.34. The molecule has 16 heavy (non-hydrogen) atoms. The van der Waals surface area contributed by atoms with Gasteiger partial charge in [0, 0.05) is 11.0 Å². The molecule has 1 aliphatic rings. The lowest BCUT2D eigenvalue weighted by atomic mass is 10.3. The normalized spacial score (nSPS) is 18.6. The summed E-state index contributed by atoms with van der Waals surface area (Å²) in [4.78, 5) is 11.5. The highest BCUT2D eigenvalue weighted by Crippen LogP contribution is 2.29. The Labute approximate surface area is 103 Å². The number of carbonyl (C=O) groups is 1. The maximum atomic E-state index is 11.5. The van der Waals surface area contributed by atoms with Crippen LogP contribution in [0.5, 0.6) is 0 Å². The number of nitrogens with one attached hydrogen (secondary N) is 1. The lowest BCUT2D eigenvalue weighted by Crippen LogP contribution is -2.40. The Morgan fingerprint density at radius 2 is 2.19 bits per heavy atom. The van der Waals surface area contributed by atoms with Gasteiger partial charge in [-0.1, -0.05) is 19.8 Å². The molecule has 1 rings (SSSR count). The molecule has 0 heterocycles. The van der Waals surface area contributed by atoms with Crippen LogP contribution in [0, 0.1) is 0 Å². The predicted octanol–water partition coefficient (Wildman–Crippen LogP) is 2.20. The summed E-state index contributed by atoms with van der Waals surface area (Å²) in [6, 6.07) is -0.129. The van der Waals surface area contributed by atoms with Gasteiger partial charge < -0.3 is 10.1 Å². The van der Waals surface area contributed by atoms with Crippen LogP contribution in [0.15, 0.2) is 0 Å². The third kappa shape index (κ3) is 4.74. The van der Waals surface area contributed by atoms with Gasteiger partial charge in [-0.3, -0.25) is 4.79 Å². The van der Waals surface area contributed by atoms with E-state index in [0.717, 1.165) is 24.0 Å². The number of rotatable bonds is 7. The molecule has 0 amide bonds. The minimum atomic E-state index is -0.129. The van der Waals surface area contributed by atoms with E-state index in [-0.39, 0.29) is 12.0 Å². The molecule has 0 bridgehead atoms. The molecule has 4 heteroatoms. The zero-order chi connectivity index (χ0) is 11.8. The summed E-state index contributed by atoms with van der Waals surface area (Å²) in [5, 5.41) is 4.01. The molecule has 0 aromatic carbocycles. The number of ether oxygens (including phenoxy) is 1. The van der Waals surface area contributed by atoms with Crippen molar-refractivity contribution in [3.63, 3.8) is 0 Å². The summed E-state index contributed by atoms with van der Waals surface area (Å²) in [5.74, 6) is 0.719. The van der Waals surface area contributed by atoms with Gasteiger partial charge in [-0.2, -0.15) is 11.8 Å². The van der Waals surface area contributed by atoms with Gasteiger partial charge in [0.25, 0.3) is 0 Å². The largest absolute Gasteiger partial charge is 0.468 e. The molecule has 0 aromatic rings. The van der Waals surface area contributed by atoms with Gasteiger partial charge in [0.15, 0.2) is 0 Å². The summed E-state index contributed by atoms with van der Waals surface area (Å²) < 4.78 is 4.81. The van der Waals surface area contributed by atoms with Gasteiger partial charge in [0.1, 0.15) is 6.04 Å². The molecule has 1 fully saturated rings. The summed E-state index contributed by atoms with van der Waals surface area (Å²) >= 11 is 1.92. The van der Waals surface area contributed by atoms with E-state index in [1.165, 1.54) is 32.8 Å². The van der Waals surface area contributed by atoms with Gasteiger partial charge in [-0.05, 0) is 25.8 Å². The predicted molar refractivity (Wildman–Crippen MR) is 68.8 cm³/mol. The molecule has 1 atom stereocenters. The van der Waals surface area contributed by atoms with Crippen LogP contribution in [0.1, 0.15) is 39.0 Å². The Morgan fingerprint density at radius 1 is 1.50 bits per heavy atom. The van der Waals surface area contributed by atoms with Crippen molar-refractivity contribution in [1.29, 1.82) is 0 Å². The first-order chi connectivity index (χ1) is 7.77. The topological polar surface area (TPSA) is 38.3 Å². The van der Waals surface area contributed by atoms with Crippen LogP contribution in [0.3, 0.4) is 0 Å². The number of thioether (sulfide) groups is 1. The van der Waals surface area contributed by atoms with Gasteiger partial charge in [-0.15, -0.1) is 0 Å². The number of methoxy groups -OCH3 is 1. The van der Waals surface area contributed by atoms with Crippen molar-refractivity contribution >= 4 is 17.7 Å². The fourth-order valence-electron chi connectivity index (χ4n) is 1.96. The average Bonchev–Trinajstić information content (AvgIpc) is 2.81. The minimum absolute atomic E-state index is 0.126. The van der Waals surface area contributed by atoms with Crippen molar-refractivity contribution in [2.45, 2.75) is 50.3 Å². The maximum absolute atomic E-state index is 11.5. The Morgan fingerprint density at radius 3 is 2.75 bits per heavy atom. The Hall–Kier alpha value is -0.220. The second-order valence-corrected chi connectivity index (χ2v) is 5.60. The molecule has 0 saturated heterocycles. The Kier molecular flexibility index (Phi) is 6.88. The van der Waals surface area contributed by atoms with E-state index in [2.05, 4.69) is 12.2 Å². The van der Waals surface area contributed by atoms with E-state index in [1.54, 1.807) is 0 Å². The molecule has 3 nitrogen and oxygen atoms in total. The molecular formula is C12H23NO2S. The highest BCUT2D eigenvalue weighted by molar-refractivity contribution is 8.00. The first-order valence-electron chi connectivity index (χ1n) is 6.20. The first kappa shape index (κ1) is 13.8. The fraction of sp³-hybridized carbons (Fsp3) is 0.917. The molecule has 1 saturated carbocycles. The van der Waals surface area contributed by atoms with Crippen LogP contribution >= 0.6 is 11.8 Å². The van der Waals surface area contributed by atoms with Gasteiger partial charge in [0.05, 0.1) is 7.11 Å². The van der Waals surface area contributed by atoms with E-state index in [4.69, 9.17) is 4.74 Å². The zero-order valence-electron chi connectivity index (χ0n) is 10.3. The third-order valence-electron chi connectivity index (χ3n) is 2.93. The van der Waals surface area contributed by atoms with E-state index < -0.39 is 0 Å². The highest BCUT2D eigenvalue weighted by atomic mass is 32.2. The standard InChI is InChI=1S/C12H23NO2S/c1-3-8-13-11(12(14)15-2)9-16-10-6-4-5-7-10/h10-11,13H,3-9H2,1-2H3. The van der Waals surface area contributed by atoms with Gasteiger partial charge in [-0.25, -0.2) is 0 Å². The summed E-state index contributed by atoms with van der Waals surface area (Å²) in [6.45, 7) is 2.98. The smallest absolute Gasteiger partial charge is 0.323 e. The van der Waals surface area contributed by atoms with Crippen LogP contribution in [-0.2, 0) is 9.53 Å². The average molecular weight is 245 g/mol. The third-order valence-corrected chi connectivity index (χ3v) is 4.40. The molecule has 0 aromatic heterocycles. The minimum Gasteiger partial charge on any atom is -0.468 e. The maximum Gasteiger partial charge on any atom is 0.323 e. The van der Waals surface area contributed by atoms with E-state index in [0.29, 0.717) is 0 Å². The molecule has 1 aliphatic carbocycles. The first-order valence-corrected chi connectivity index (χ1v) is 7.25. The van der Waals surface area contributed by atoms with Crippen molar-refractivity contribution in [2.24, 2.45) is 0 Å². The monoisotopic (exact) mass is 245 g/mol. The van der Waals surface area contributed by atoms with Crippen LogP contribution in [0.2, 0.25) is 0 Å². The van der Waals surface area contributed by atoms with Crippen molar-refractivity contribution in [2.75, 3.05) is 19.4 Å². The number of esters is 1. The van der Waals surface area contributed by atoms with E-state index >= 15 is 0 Å². The second-order valence-electron chi connectivity index (χ2n) is 4.27. The van der Waals surface area contributed by atoms with Crippen LogP contribution < -0.4 is 5.32 Å². The highest BCUT2D eigenvalue weighted by Gasteiger charge is 2.22. The van der Waals surface area contributed by atoms with Gasteiger partial charge >= 0.3 is 5.97 Å². The quantitative estimate of drug-likeness (QED) is 0.698. The van der Waals surface area contributed by atoms with Crippen LogP contribution in [-0.4, -0.2) is 36.7 Å². The molecule has 94 valence electrons. The number of hydrogen-bond acceptors (Lipinski definition) is 4. The van der Waals surface area contributed by atoms with E-state index in [9.17, 15) is 4.79 Å². The summed E-state index contributed by atoms with van der Waals surface area (Å²) in [5.41, 5.74) is 0. The van der Waals surface area contributed by atoms with Crippen molar-refractivity contribution in [3.8, 4) is 0 Å². The molecule has 1 N–H and O–H groups in total. The zero-order valence-corrected chi connectivity index (χ0v) is 11.1. The molecule has 1 unspecified atom stereocenters. The number of carbonyl (C=O) groups excluding carboxylic acids is 1. The lowest BCUT2D eigenvalue weighted by Gasteiger charge is -2.17. The molecule has 0 radical (unpaired) electrons. The van der Waals surface area contributed by atoms with Crippen LogP contribution in [0.25, 0.3) is 0 Å². The summed E-state index contributed by atoms with van der Waals surface area (Å²) in [6.07, 6.45) is 6.37. The van der Waals surface area contributed by atoms with Crippen molar-refractivity contribution < 1.29 is 9.53 Å². The Balaban J connectivity index is 2.27. The molecular weight excluding hydrogens is 222 g/mol. The van der Waals surface area contributed by atoms with Crippen LogP contribution in [0.4, 0.5) is 0 Å². The summed E-state index contributed by atoms with van der Waals surface area (Å²) in [7, 11) is 1.46. The van der Waals surface area contributed by atoms with Crippen molar-refractivity contribution in [1.82, 2.24) is 5.32 Å². The SMILES string of the molecule is CCCNC(CSC1CCCC1)C(=O)OC. The molecule has 0 spiro atoms.